The van der Waals surface area contributed by atoms with Crippen LogP contribution >= 0.6 is 11.3 Å². The van der Waals surface area contributed by atoms with E-state index in [4.69, 9.17) is 6.42 Å². The van der Waals surface area contributed by atoms with Crippen molar-refractivity contribution in [1.82, 2.24) is 15.1 Å². The predicted molar refractivity (Wildman–Crippen MR) is 124 cm³/mol. The number of carbonyl (C=O) groups excluding carboxylic acids is 1. The molecule has 1 N–H and O–H groups in total. The van der Waals surface area contributed by atoms with Crippen LogP contribution in [0.1, 0.15) is 90.5 Å². The van der Waals surface area contributed by atoms with Crippen LogP contribution in [0.5, 0.6) is 0 Å². The Morgan fingerprint density at radius 1 is 1.27 bits per heavy atom. The lowest BCUT2D eigenvalue weighted by atomic mass is 9.85. The van der Waals surface area contributed by atoms with Gasteiger partial charge < -0.3 is 10.0 Å². The van der Waals surface area contributed by atoms with Gasteiger partial charge in [0.1, 0.15) is 16.8 Å². The van der Waals surface area contributed by atoms with E-state index in [2.05, 4.69) is 43.0 Å². The number of aliphatic hydroxyl groups excluding tert-OH is 1. The molecule has 1 aliphatic rings. The maximum atomic E-state index is 13.5. The lowest BCUT2D eigenvalue weighted by molar-refractivity contribution is 0.0700. The summed E-state index contributed by atoms with van der Waals surface area (Å²) in [6.45, 7) is 8.84. The zero-order chi connectivity index (χ0) is 22.1. The third-order valence-corrected chi connectivity index (χ3v) is 6.77. The van der Waals surface area contributed by atoms with E-state index in [0.29, 0.717) is 18.1 Å². The summed E-state index contributed by atoms with van der Waals surface area (Å²) in [6, 6.07) is -0.267. The van der Waals surface area contributed by atoms with E-state index in [1.807, 2.05) is 6.92 Å². The second-order valence-electron chi connectivity index (χ2n) is 8.02. The van der Waals surface area contributed by atoms with Gasteiger partial charge >= 0.3 is 6.03 Å². The van der Waals surface area contributed by atoms with Crippen LogP contribution in [0.15, 0.2) is 6.08 Å². The van der Waals surface area contributed by atoms with E-state index in [1.165, 1.54) is 16.2 Å². The number of unbranched alkanes of at least 4 members (excludes halogenated alkanes) is 3. The van der Waals surface area contributed by atoms with Crippen molar-refractivity contribution in [2.45, 2.75) is 97.2 Å². The van der Waals surface area contributed by atoms with Gasteiger partial charge in [0.05, 0.1) is 0 Å². The molecule has 1 aliphatic heterocycles. The molecule has 1 aromatic heterocycles. The first-order chi connectivity index (χ1) is 14.4. The molecule has 2 rings (SSSR count). The van der Waals surface area contributed by atoms with Crippen LogP contribution in [-0.4, -0.2) is 44.5 Å². The molecule has 0 aliphatic carbocycles. The molecule has 7 heteroatoms. The summed E-state index contributed by atoms with van der Waals surface area (Å²) in [5.41, 5.74) is 0.423. The molecule has 30 heavy (non-hydrogen) atoms. The van der Waals surface area contributed by atoms with Crippen LogP contribution < -0.4 is 4.90 Å². The van der Waals surface area contributed by atoms with Crippen molar-refractivity contribution in [3.8, 4) is 12.3 Å². The highest BCUT2D eigenvalue weighted by atomic mass is 32.1. The molecule has 1 saturated heterocycles. The summed E-state index contributed by atoms with van der Waals surface area (Å²) < 4.78 is 0. The lowest BCUT2D eigenvalue weighted by Crippen LogP contribution is -2.62. The van der Waals surface area contributed by atoms with Crippen LogP contribution in [0, 0.1) is 12.3 Å². The molecule has 2 amide bonds. The van der Waals surface area contributed by atoms with Gasteiger partial charge in [-0.25, -0.2) is 9.69 Å². The summed E-state index contributed by atoms with van der Waals surface area (Å²) in [5, 5.41) is 20.3. The van der Waals surface area contributed by atoms with Crippen LogP contribution in [-0.2, 0) is 0 Å². The Morgan fingerprint density at radius 3 is 2.50 bits per heavy atom. The minimum Gasteiger partial charge on any atom is -0.373 e. The summed E-state index contributed by atoms with van der Waals surface area (Å²) in [5.74, 6) is 2.97. The number of hydrogen-bond acceptors (Lipinski definition) is 5. The highest BCUT2D eigenvalue weighted by Gasteiger charge is 2.44. The number of hydrogen-bond donors (Lipinski definition) is 1. The van der Waals surface area contributed by atoms with Gasteiger partial charge in [0.25, 0.3) is 0 Å². The topological polar surface area (TPSA) is 69.6 Å². The molecule has 0 aromatic carbocycles. The molecule has 1 fully saturated rings. The highest BCUT2D eigenvalue weighted by Crippen LogP contribution is 2.36. The van der Waals surface area contributed by atoms with Crippen LogP contribution in [0.4, 0.5) is 9.93 Å². The molecule has 1 unspecified atom stereocenters. The number of anilines is 1. The average molecular weight is 433 g/mol. The predicted octanol–water partition coefficient (Wildman–Crippen LogP) is 5.44. The number of aliphatic hydroxyl groups is 1. The minimum absolute atomic E-state index is 0.267. The lowest BCUT2D eigenvalue weighted by Gasteiger charge is -2.46. The SMILES string of the molecule is C#CC(CCCC)(CCCC)N1CCC(O)N(c2nnc(/C(C)=C\CCC)s2)C1=O. The second-order valence-corrected chi connectivity index (χ2v) is 8.98. The normalized spacial score (nSPS) is 18.1. The van der Waals surface area contributed by atoms with Crippen molar-refractivity contribution in [1.29, 1.82) is 0 Å². The van der Waals surface area contributed by atoms with Gasteiger partial charge in [0, 0.05) is 13.0 Å². The fourth-order valence-corrected chi connectivity index (χ4v) is 4.69. The van der Waals surface area contributed by atoms with Crippen LogP contribution in [0.2, 0.25) is 0 Å². The largest absolute Gasteiger partial charge is 0.373 e. The summed E-state index contributed by atoms with van der Waals surface area (Å²) in [7, 11) is 0. The zero-order valence-corrected chi connectivity index (χ0v) is 19.7. The Morgan fingerprint density at radius 2 is 1.93 bits per heavy atom. The Labute approximate surface area is 185 Å². The van der Waals surface area contributed by atoms with Crippen LogP contribution in [0.25, 0.3) is 5.57 Å². The third kappa shape index (κ3) is 5.41. The number of aromatic nitrogens is 2. The third-order valence-electron chi connectivity index (χ3n) is 5.72. The molecule has 0 bridgehead atoms. The van der Waals surface area contributed by atoms with E-state index in [1.54, 1.807) is 4.90 Å². The van der Waals surface area contributed by atoms with Gasteiger partial charge in [-0.05, 0) is 31.8 Å². The van der Waals surface area contributed by atoms with Crippen molar-refractivity contribution in [3.05, 3.63) is 11.1 Å². The highest BCUT2D eigenvalue weighted by molar-refractivity contribution is 7.16. The molecular weight excluding hydrogens is 396 g/mol. The number of allylic oxidation sites excluding steroid dienone is 2. The number of urea groups is 1. The van der Waals surface area contributed by atoms with E-state index in [0.717, 1.165) is 61.9 Å². The monoisotopic (exact) mass is 432 g/mol. The molecule has 1 atom stereocenters. The molecule has 0 spiro atoms. The first-order valence-corrected chi connectivity index (χ1v) is 12.0. The van der Waals surface area contributed by atoms with Crippen LogP contribution in [0.3, 0.4) is 0 Å². The Kier molecular flexibility index (Phi) is 9.32. The summed E-state index contributed by atoms with van der Waals surface area (Å²) in [4.78, 5) is 16.7. The summed E-state index contributed by atoms with van der Waals surface area (Å²) >= 11 is 1.34. The Bertz CT molecular complexity index is 759. The Balaban J connectivity index is 2.33. The molecular formula is C23H36N4O2S. The maximum Gasteiger partial charge on any atom is 0.329 e. The second kappa shape index (κ2) is 11.5. The molecule has 0 radical (unpaired) electrons. The van der Waals surface area contributed by atoms with Crippen molar-refractivity contribution in [3.63, 3.8) is 0 Å². The minimum atomic E-state index is -0.915. The first-order valence-electron chi connectivity index (χ1n) is 11.2. The van der Waals surface area contributed by atoms with Gasteiger partial charge in [-0.3, -0.25) is 0 Å². The smallest absolute Gasteiger partial charge is 0.329 e. The van der Waals surface area contributed by atoms with E-state index < -0.39 is 11.8 Å². The Hall–Kier alpha value is -1.91. The molecule has 166 valence electrons. The van der Waals surface area contributed by atoms with E-state index >= 15 is 0 Å². The molecule has 2 heterocycles. The van der Waals surface area contributed by atoms with Gasteiger partial charge in [0.15, 0.2) is 0 Å². The van der Waals surface area contributed by atoms with Gasteiger partial charge in [-0.1, -0.05) is 76.2 Å². The number of carbonyl (C=O) groups is 1. The first kappa shape index (κ1) is 24.4. The van der Waals surface area contributed by atoms with Gasteiger partial charge in [-0.15, -0.1) is 16.6 Å². The maximum absolute atomic E-state index is 13.5. The number of amides is 2. The van der Waals surface area contributed by atoms with Crippen molar-refractivity contribution in [2.24, 2.45) is 0 Å². The zero-order valence-electron chi connectivity index (χ0n) is 18.9. The van der Waals surface area contributed by atoms with Crippen molar-refractivity contribution in [2.75, 3.05) is 11.4 Å². The quantitative estimate of drug-likeness (QED) is 0.472. The molecule has 6 nitrogen and oxygen atoms in total. The number of terminal acetylenes is 1. The summed E-state index contributed by atoms with van der Waals surface area (Å²) in [6.07, 6.45) is 15.2. The molecule has 0 saturated carbocycles. The fraction of sp³-hybridized carbons (Fsp3) is 0.696. The van der Waals surface area contributed by atoms with Crippen molar-refractivity contribution < 1.29 is 9.90 Å². The average Bonchev–Trinajstić information content (AvgIpc) is 3.23. The standard InChI is InChI=1S/C23H36N4O2S/c1-6-10-13-18(5)20-24-25-21(30-20)27-19(28)14-17-26(22(27)29)23(9-4,15-11-7-2)16-12-8-3/h4,13,19,28H,6-8,10-12,14-17H2,1-3,5H3/b18-13-. The fourth-order valence-electron chi connectivity index (χ4n) is 3.81. The van der Waals surface area contributed by atoms with Gasteiger partial charge in [-0.2, -0.15) is 0 Å². The van der Waals surface area contributed by atoms with E-state index in [-0.39, 0.29) is 6.03 Å². The van der Waals surface area contributed by atoms with E-state index in [9.17, 15) is 9.90 Å². The van der Waals surface area contributed by atoms with Crippen molar-refractivity contribution >= 4 is 28.1 Å². The molecule has 1 aromatic rings. The number of rotatable bonds is 11. The van der Waals surface area contributed by atoms with Gasteiger partial charge in [0.2, 0.25) is 5.13 Å². The number of nitrogens with zero attached hydrogens (tertiary/aromatic N) is 4.